The van der Waals surface area contributed by atoms with Gasteiger partial charge in [0.2, 0.25) is 0 Å². The Labute approximate surface area is 188 Å². The maximum Gasteiger partial charge on any atom is 0.274 e. The number of nitrogens with one attached hydrogen (secondary N) is 1. The molecule has 1 N–H and O–H groups in total. The first kappa shape index (κ1) is 21.0. The number of nitrogens with zero attached hydrogens (tertiary/aromatic N) is 3. The number of carbonyl (C=O) groups is 1. The van der Waals surface area contributed by atoms with Crippen LogP contribution in [-0.2, 0) is 11.3 Å². The number of rotatable bonds is 7. The molecule has 1 amide bonds. The summed E-state index contributed by atoms with van der Waals surface area (Å²) in [5, 5.41) is 7.12. The molecule has 0 bridgehead atoms. The predicted molar refractivity (Wildman–Crippen MR) is 121 cm³/mol. The highest BCUT2D eigenvalue weighted by molar-refractivity contribution is 5.93. The topological polar surface area (TPSA) is 74.6 Å². The van der Waals surface area contributed by atoms with Crippen LogP contribution in [0.4, 0.5) is 0 Å². The predicted octanol–water partition coefficient (Wildman–Crippen LogP) is 3.96. The standard InChI is InChI=1S/C25H30N4O3/c30-25(23-16-22(26-27-23)24-9-5-15-32-24)28-13-10-20(11-14-28)29-12-4-8-21(29)18-31-17-19-6-2-1-3-7-19/h1-3,5-7,9,15-16,20-21H,4,8,10-14,17-18H2,(H,26,27)/t21-/m1/s1. The molecule has 0 radical (unpaired) electrons. The molecular weight excluding hydrogens is 404 g/mol. The molecule has 168 valence electrons. The number of furan rings is 1. The monoisotopic (exact) mass is 434 g/mol. The third kappa shape index (κ3) is 4.64. The number of piperidine rings is 1. The average molecular weight is 435 g/mol. The Morgan fingerprint density at radius 3 is 2.72 bits per heavy atom. The summed E-state index contributed by atoms with van der Waals surface area (Å²) in [5.41, 5.74) is 2.39. The number of benzene rings is 1. The Morgan fingerprint density at radius 2 is 1.94 bits per heavy atom. The number of hydrogen-bond acceptors (Lipinski definition) is 5. The normalized spacial score (nSPS) is 20.1. The maximum absolute atomic E-state index is 12.9. The van der Waals surface area contributed by atoms with Crippen molar-refractivity contribution >= 4 is 5.91 Å². The van der Waals surface area contributed by atoms with Gasteiger partial charge in [-0.15, -0.1) is 0 Å². The third-order valence-corrected chi connectivity index (χ3v) is 6.65. The third-order valence-electron chi connectivity index (χ3n) is 6.65. The van der Waals surface area contributed by atoms with Crippen LogP contribution in [0.1, 0.15) is 41.7 Å². The van der Waals surface area contributed by atoms with Gasteiger partial charge < -0.3 is 14.1 Å². The van der Waals surface area contributed by atoms with Gasteiger partial charge in [0.1, 0.15) is 5.69 Å². The first-order valence-corrected chi connectivity index (χ1v) is 11.5. The lowest BCUT2D eigenvalue weighted by Gasteiger charge is -2.39. The lowest BCUT2D eigenvalue weighted by Crippen LogP contribution is -2.49. The van der Waals surface area contributed by atoms with E-state index in [0.29, 0.717) is 30.1 Å². The lowest BCUT2D eigenvalue weighted by molar-refractivity contribution is 0.0313. The number of aromatic amines is 1. The molecule has 0 aliphatic carbocycles. The van der Waals surface area contributed by atoms with Gasteiger partial charge in [0.25, 0.3) is 5.91 Å². The number of likely N-dealkylation sites (tertiary alicyclic amines) is 2. The minimum absolute atomic E-state index is 0.0123. The summed E-state index contributed by atoms with van der Waals surface area (Å²) < 4.78 is 11.4. The van der Waals surface area contributed by atoms with Crippen LogP contribution in [0.25, 0.3) is 11.5 Å². The van der Waals surface area contributed by atoms with Gasteiger partial charge in [-0.1, -0.05) is 30.3 Å². The average Bonchev–Trinajstić information content (AvgIpc) is 3.61. The van der Waals surface area contributed by atoms with E-state index in [9.17, 15) is 4.79 Å². The largest absolute Gasteiger partial charge is 0.463 e. The fourth-order valence-electron chi connectivity index (χ4n) is 4.96. The van der Waals surface area contributed by atoms with E-state index in [1.54, 1.807) is 12.3 Å². The molecule has 2 fully saturated rings. The Kier molecular flexibility index (Phi) is 6.36. The van der Waals surface area contributed by atoms with Crippen LogP contribution in [0.3, 0.4) is 0 Å². The first-order valence-electron chi connectivity index (χ1n) is 11.5. The molecule has 0 unspecified atom stereocenters. The molecule has 5 rings (SSSR count). The fraction of sp³-hybridized carbons (Fsp3) is 0.440. The van der Waals surface area contributed by atoms with Crippen molar-refractivity contribution < 1.29 is 13.9 Å². The summed E-state index contributed by atoms with van der Waals surface area (Å²) in [4.78, 5) is 17.5. The summed E-state index contributed by atoms with van der Waals surface area (Å²) in [6.45, 7) is 4.10. The van der Waals surface area contributed by atoms with E-state index in [1.165, 1.54) is 18.4 Å². The summed E-state index contributed by atoms with van der Waals surface area (Å²) in [5.74, 6) is 0.673. The Balaban J connectivity index is 1.12. The number of carbonyl (C=O) groups excluding carboxylic acids is 1. The van der Waals surface area contributed by atoms with Crippen molar-refractivity contribution in [3.63, 3.8) is 0 Å². The smallest absolute Gasteiger partial charge is 0.274 e. The van der Waals surface area contributed by atoms with Gasteiger partial charge in [0, 0.05) is 31.2 Å². The quantitative estimate of drug-likeness (QED) is 0.609. The Morgan fingerprint density at radius 1 is 1.09 bits per heavy atom. The van der Waals surface area contributed by atoms with Gasteiger partial charge in [-0.25, -0.2) is 0 Å². The Bertz CT molecular complexity index is 993. The zero-order chi connectivity index (χ0) is 21.8. The molecule has 7 heteroatoms. The molecule has 0 spiro atoms. The number of hydrogen-bond donors (Lipinski definition) is 1. The fourth-order valence-corrected chi connectivity index (χ4v) is 4.96. The number of H-pyrrole nitrogens is 1. The second kappa shape index (κ2) is 9.71. The van der Waals surface area contributed by atoms with Crippen LogP contribution >= 0.6 is 0 Å². The SMILES string of the molecule is O=C(c1cc(-c2ccco2)[nH]n1)N1CCC(N2CCC[C@@H]2COCc2ccccc2)CC1. The zero-order valence-electron chi connectivity index (χ0n) is 18.3. The first-order chi connectivity index (χ1) is 15.8. The van der Waals surface area contributed by atoms with Gasteiger partial charge in [-0.2, -0.15) is 5.10 Å². The van der Waals surface area contributed by atoms with Crippen LogP contribution in [-0.4, -0.2) is 64.2 Å². The van der Waals surface area contributed by atoms with Crippen LogP contribution in [0.2, 0.25) is 0 Å². The van der Waals surface area contributed by atoms with Crippen LogP contribution < -0.4 is 0 Å². The molecule has 0 saturated carbocycles. The summed E-state index contributed by atoms with van der Waals surface area (Å²) >= 11 is 0. The zero-order valence-corrected chi connectivity index (χ0v) is 18.3. The molecule has 2 aliphatic heterocycles. The highest BCUT2D eigenvalue weighted by Gasteiger charge is 2.34. The van der Waals surface area contributed by atoms with Crippen molar-refractivity contribution in [2.75, 3.05) is 26.2 Å². The van der Waals surface area contributed by atoms with Gasteiger partial charge in [-0.3, -0.25) is 14.8 Å². The maximum atomic E-state index is 12.9. The van der Waals surface area contributed by atoms with Crippen molar-refractivity contribution in [2.24, 2.45) is 0 Å². The van der Waals surface area contributed by atoms with Crippen LogP contribution in [0.5, 0.6) is 0 Å². The Hall–Kier alpha value is -2.90. The molecule has 7 nitrogen and oxygen atoms in total. The molecule has 1 aromatic carbocycles. The van der Waals surface area contributed by atoms with Crippen LogP contribution in [0, 0.1) is 0 Å². The minimum Gasteiger partial charge on any atom is -0.463 e. The lowest BCUT2D eigenvalue weighted by atomic mass is 10.0. The van der Waals surface area contributed by atoms with E-state index >= 15 is 0 Å². The molecular formula is C25H30N4O3. The van der Waals surface area contributed by atoms with Crippen molar-refractivity contribution in [2.45, 2.75) is 44.4 Å². The van der Waals surface area contributed by atoms with E-state index in [1.807, 2.05) is 23.1 Å². The molecule has 2 saturated heterocycles. The van der Waals surface area contributed by atoms with Crippen molar-refractivity contribution in [3.05, 3.63) is 66.1 Å². The second-order valence-electron chi connectivity index (χ2n) is 8.70. The highest BCUT2D eigenvalue weighted by Crippen LogP contribution is 2.27. The van der Waals surface area contributed by atoms with E-state index in [2.05, 4.69) is 39.4 Å². The van der Waals surface area contributed by atoms with Gasteiger partial charge in [0.05, 0.1) is 19.5 Å². The van der Waals surface area contributed by atoms with Crippen molar-refractivity contribution in [3.8, 4) is 11.5 Å². The van der Waals surface area contributed by atoms with Crippen molar-refractivity contribution in [1.82, 2.24) is 20.0 Å². The number of amides is 1. The highest BCUT2D eigenvalue weighted by atomic mass is 16.5. The van der Waals surface area contributed by atoms with E-state index in [0.717, 1.165) is 44.8 Å². The molecule has 2 aliphatic rings. The van der Waals surface area contributed by atoms with Crippen molar-refractivity contribution in [1.29, 1.82) is 0 Å². The minimum atomic E-state index is -0.0123. The van der Waals surface area contributed by atoms with Crippen LogP contribution in [0.15, 0.2) is 59.2 Å². The summed E-state index contributed by atoms with van der Waals surface area (Å²) in [7, 11) is 0. The molecule has 4 heterocycles. The second-order valence-corrected chi connectivity index (χ2v) is 8.70. The van der Waals surface area contributed by atoms with Gasteiger partial charge in [0.15, 0.2) is 11.5 Å². The number of ether oxygens (including phenoxy) is 1. The van der Waals surface area contributed by atoms with E-state index in [-0.39, 0.29) is 5.91 Å². The molecule has 3 aromatic rings. The van der Waals surface area contributed by atoms with E-state index in [4.69, 9.17) is 9.15 Å². The van der Waals surface area contributed by atoms with E-state index < -0.39 is 0 Å². The molecule has 32 heavy (non-hydrogen) atoms. The number of aromatic nitrogens is 2. The molecule has 2 aromatic heterocycles. The summed E-state index contributed by atoms with van der Waals surface area (Å²) in [6.07, 6.45) is 6.02. The van der Waals surface area contributed by atoms with Gasteiger partial charge >= 0.3 is 0 Å². The van der Waals surface area contributed by atoms with Gasteiger partial charge in [-0.05, 0) is 49.9 Å². The summed E-state index contributed by atoms with van der Waals surface area (Å²) in [6, 6.07) is 16.8. The molecule has 1 atom stereocenters.